The molecule has 0 aliphatic heterocycles. The fourth-order valence-electron chi connectivity index (χ4n) is 1.94. The number of rotatable bonds is 1. The van der Waals surface area contributed by atoms with Gasteiger partial charge in [0.15, 0.2) is 0 Å². The molecule has 0 aliphatic rings. The lowest BCUT2D eigenvalue weighted by molar-refractivity contribution is 1.45. The SMILES string of the molecule is Nc1ccc(-c2cc3c(Br)cccc3[nH]2)cc1. The molecule has 0 aliphatic carbocycles. The van der Waals surface area contributed by atoms with Crippen LogP contribution in [0.5, 0.6) is 0 Å². The molecule has 17 heavy (non-hydrogen) atoms. The first-order chi connectivity index (χ1) is 8.24. The number of nitrogens with one attached hydrogen (secondary N) is 1. The van der Waals surface area contributed by atoms with Crippen LogP contribution in [0.3, 0.4) is 0 Å². The summed E-state index contributed by atoms with van der Waals surface area (Å²) in [6.45, 7) is 0. The molecular weight excluding hydrogens is 276 g/mol. The van der Waals surface area contributed by atoms with Crippen LogP contribution in [0.1, 0.15) is 0 Å². The van der Waals surface area contributed by atoms with Gasteiger partial charge in [0, 0.05) is 26.8 Å². The molecule has 0 bridgehead atoms. The Morgan fingerprint density at radius 3 is 2.47 bits per heavy atom. The summed E-state index contributed by atoms with van der Waals surface area (Å²) in [7, 11) is 0. The molecule has 3 aromatic rings. The van der Waals surface area contributed by atoms with E-state index in [1.807, 2.05) is 36.4 Å². The molecule has 2 nitrogen and oxygen atoms in total. The smallest absolute Gasteiger partial charge is 0.0470 e. The van der Waals surface area contributed by atoms with Crippen LogP contribution in [0.15, 0.2) is 53.0 Å². The van der Waals surface area contributed by atoms with Gasteiger partial charge in [-0.1, -0.05) is 34.1 Å². The Bertz CT molecular complexity index is 668. The van der Waals surface area contributed by atoms with Gasteiger partial charge in [0.05, 0.1) is 0 Å². The number of hydrogen-bond acceptors (Lipinski definition) is 1. The summed E-state index contributed by atoms with van der Waals surface area (Å²) in [6, 6.07) is 16.2. The normalized spacial score (nSPS) is 10.9. The molecular formula is C14H11BrN2. The number of fused-ring (bicyclic) bond motifs is 1. The second-order valence-corrected chi connectivity index (χ2v) is 4.86. The summed E-state index contributed by atoms with van der Waals surface area (Å²) >= 11 is 3.55. The molecule has 0 fully saturated rings. The molecule has 0 unspecified atom stereocenters. The van der Waals surface area contributed by atoms with E-state index in [0.717, 1.165) is 26.9 Å². The standard InChI is InChI=1S/C14H11BrN2/c15-12-2-1-3-13-11(12)8-14(17-13)9-4-6-10(16)7-5-9/h1-8,17H,16H2. The number of nitrogen functional groups attached to an aromatic ring is 1. The minimum absolute atomic E-state index is 0.783. The van der Waals surface area contributed by atoms with Crippen LogP contribution >= 0.6 is 15.9 Å². The maximum absolute atomic E-state index is 5.69. The van der Waals surface area contributed by atoms with Gasteiger partial charge in [-0.3, -0.25) is 0 Å². The van der Waals surface area contributed by atoms with Crippen LogP contribution in [0.25, 0.3) is 22.2 Å². The van der Waals surface area contributed by atoms with Crippen molar-refractivity contribution in [1.82, 2.24) is 4.98 Å². The van der Waals surface area contributed by atoms with E-state index < -0.39 is 0 Å². The number of aromatic amines is 1. The summed E-state index contributed by atoms with van der Waals surface area (Å²) in [5.74, 6) is 0. The van der Waals surface area contributed by atoms with E-state index in [1.54, 1.807) is 0 Å². The Morgan fingerprint density at radius 2 is 1.76 bits per heavy atom. The number of aromatic nitrogens is 1. The van der Waals surface area contributed by atoms with Crippen LogP contribution < -0.4 is 5.73 Å². The highest BCUT2D eigenvalue weighted by atomic mass is 79.9. The molecule has 0 radical (unpaired) electrons. The average molecular weight is 287 g/mol. The van der Waals surface area contributed by atoms with Gasteiger partial charge in [0.25, 0.3) is 0 Å². The minimum Gasteiger partial charge on any atom is -0.399 e. The van der Waals surface area contributed by atoms with Crippen molar-refractivity contribution in [3.05, 3.63) is 53.0 Å². The first-order valence-electron chi connectivity index (χ1n) is 5.37. The van der Waals surface area contributed by atoms with Crippen molar-refractivity contribution >= 4 is 32.5 Å². The quantitative estimate of drug-likeness (QED) is 0.648. The van der Waals surface area contributed by atoms with Gasteiger partial charge in [0.2, 0.25) is 0 Å². The third-order valence-electron chi connectivity index (χ3n) is 2.83. The van der Waals surface area contributed by atoms with E-state index in [2.05, 4.69) is 33.0 Å². The molecule has 3 heteroatoms. The number of H-pyrrole nitrogens is 1. The van der Waals surface area contributed by atoms with Crippen molar-refractivity contribution in [3.63, 3.8) is 0 Å². The van der Waals surface area contributed by atoms with Crippen LogP contribution in [0, 0.1) is 0 Å². The summed E-state index contributed by atoms with van der Waals surface area (Å²) in [6.07, 6.45) is 0. The molecule has 0 spiro atoms. The Hall–Kier alpha value is -1.74. The highest BCUT2D eigenvalue weighted by Crippen LogP contribution is 2.29. The highest BCUT2D eigenvalue weighted by Gasteiger charge is 2.05. The molecule has 3 N–H and O–H groups in total. The Labute approximate surface area is 108 Å². The molecule has 2 aromatic carbocycles. The molecule has 1 heterocycles. The summed E-state index contributed by atoms with van der Waals surface area (Å²) in [5.41, 5.74) is 9.85. The van der Waals surface area contributed by atoms with E-state index in [0.29, 0.717) is 0 Å². The zero-order chi connectivity index (χ0) is 11.8. The Balaban J connectivity index is 2.18. The van der Waals surface area contributed by atoms with Crippen molar-refractivity contribution in [2.45, 2.75) is 0 Å². The van der Waals surface area contributed by atoms with Crippen molar-refractivity contribution in [1.29, 1.82) is 0 Å². The van der Waals surface area contributed by atoms with Gasteiger partial charge in [-0.25, -0.2) is 0 Å². The zero-order valence-corrected chi connectivity index (χ0v) is 10.7. The maximum Gasteiger partial charge on any atom is 0.0470 e. The van der Waals surface area contributed by atoms with Crippen LogP contribution in [-0.2, 0) is 0 Å². The highest BCUT2D eigenvalue weighted by molar-refractivity contribution is 9.10. The lowest BCUT2D eigenvalue weighted by Gasteiger charge is -1.97. The van der Waals surface area contributed by atoms with E-state index in [1.165, 1.54) is 5.39 Å². The second-order valence-electron chi connectivity index (χ2n) is 4.01. The largest absolute Gasteiger partial charge is 0.399 e. The van der Waals surface area contributed by atoms with E-state index in [9.17, 15) is 0 Å². The van der Waals surface area contributed by atoms with Gasteiger partial charge < -0.3 is 10.7 Å². The van der Waals surface area contributed by atoms with Gasteiger partial charge in [0.1, 0.15) is 0 Å². The minimum atomic E-state index is 0.783. The molecule has 0 atom stereocenters. The molecule has 0 amide bonds. The summed E-state index contributed by atoms with van der Waals surface area (Å²) < 4.78 is 1.10. The van der Waals surface area contributed by atoms with Crippen molar-refractivity contribution in [2.75, 3.05) is 5.73 Å². The molecule has 0 saturated heterocycles. The monoisotopic (exact) mass is 286 g/mol. The lowest BCUT2D eigenvalue weighted by atomic mass is 10.1. The van der Waals surface area contributed by atoms with Crippen LogP contribution in [0.4, 0.5) is 5.69 Å². The van der Waals surface area contributed by atoms with Gasteiger partial charge >= 0.3 is 0 Å². The number of hydrogen-bond donors (Lipinski definition) is 2. The predicted molar refractivity (Wildman–Crippen MR) is 75.8 cm³/mol. The second kappa shape index (κ2) is 3.93. The third kappa shape index (κ3) is 1.83. The van der Waals surface area contributed by atoms with E-state index in [4.69, 9.17) is 5.73 Å². The topological polar surface area (TPSA) is 41.8 Å². The number of nitrogens with two attached hydrogens (primary N) is 1. The Kier molecular flexibility index (Phi) is 2.41. The predicted octanol–water partition coefficient (Wildman–Crippen LogP) is 4.18. The molecule has 3 rings (SSSR count). The number of halogens is 1. The fourth-order valence-corrected chi connectivity index (χ4v) is 2.42. The van der Waals surface area contributed by atoms with Gasteiger partial charge in [-0.2, -0.15) is 0 Å². The number of anilines is 1. The third-order valence-corrected chi connectivity index (χ3v) is 3.52. The maximum atomic E-state index is 5.69. The lowest BCUT2D eigenvalue weighted by Crippen LogP contribution is -1.83. The first-order valence-corrected chi connectivity index (χ1v) is 6.16. The zero-order valence-electron chi connectivity index (χ0n) is 9.07. The molecule has 84 valence electrons. The molecule has 0 saturated carbocycles. The average Bonchev–Trinajstić information content (AvgIpc) is 2.75. The van der Waals surface area contributed by atoms with Gasteiger partial charge in [-0.05, 0) is 35.9 Å². The van der Waals surface area contributed by atoms with Crippen LogP contribution in [-0.4, -0.2) is 4.98 Å². The summed E-state index contributed by atoms with van der Waals surface area (Å²) in [4.78, 5) is 3.40. The fraction of sp³-hybridized carbons (Fsp3) is 0. The van der Waals surface area contributed by atoms with E-state index in [-0.39, 0.29) is 0 Å². The molecule has 1 aromatic heterocycles. The first kappa shape index (κ1) is 10.4. The Morgan fingerprint density at radius 1 is 1.00 bits per heavy atom. The summed E-state index contributed by atoms with van der Waals surface area (Å²) in [5, 5.41) is 1.19. The van der Waals surface area contributed by atoms with E-state index >= 15 is 0 Å². The van der Waals surface area contributed by atoms with Crippen molar-refractivity contribution < 1.29 is 0 Å². The van der Waals surface area contributed by atoms with Crippen molar-refractivity contribution in [3.8, 4) is 11.3 Å². The van der Waals surface area contributed by atoms with Gasteiger partial charge in [-0.15, -0.1) is 0 Å². The number of benzene rings is 2. The van der Waals surface area contributed by atoms with Crippen LogP contribution in [0.2, 0.25) is 0 Å². The van der Waals surface area contributed by atoms with Crippen molar-refractivity contribution in [2.24, 2.45) is 0 Å².